The van der Waals surface area contributed by atoms with Gasteiger partial charge in [0.25, 0.3) is 5.90 Å². The van der Waals surface area contributed by atoms with Crippen molar-refractivity contribution in [3.8, 4) is 23.8 Å². The number of unbranched alkanes of at least 4 members (excludes halogenated alkanes) is 2. The molecule has 0 radical (unpaired) electrons. The first-order chi connectivity index (χ1) is 21.9. The van der Waals surface area contributed by atoms with Crippen molar-refractivity contribution >= 4 is 15.9 Å². The van der Waals surface area contributed by atoms with E-state index in [0.717, 1.165) is 24.0 Å². The standard InChI is InChI=1S/C36H48N2O5S.C2H6.2CH4.H2/c1-9-10-11-14-24-42-35(37-28(5)31-17-15-16-27(4)25-31)34(43-33-19-13-12-18-32(33)41-8)29(6)38-44(39,40)36(7)22-20-30(21-23-36)26(2)3;1-2;;;/h1,12-13,15,17-22,25-28,38H,10-11,14,16,23-24H2,2-8H3;1-2H3;2*1H4;1H/b34-29-,37-35?;;;;. The first kappa shape index (κ1) is 44.3. The molecule has 2 aliphatic rings. The van der Waals surface area contributed by atoms with E-state index in [9.17, 15) is 8.42 Å². The van der Waals surface area contributed by atoms with Crippen molar-refractivity contribution in [2.75, 3.05) is 13.7 Å². The molecule has 1 N–H and O–H groups in total. The van der Waals surface area contributed by atoms with Gasteiger partial charge in [0.2, 0.25) is 15.8 Å². The molecule has 3 unspecified atom stereocenters. The normalized spacial score (nSPS) is 19.9. The molecule has 3 atom stereocenters. The van der Waals surface area contributed by atoms with Crippen molar-refractivity contribution in [1.29, 1.82) is 0 Å². The number of allylic oxidation sites excluding steroid dienone is 6. The fourth-order valence-corrected chi connectivity index (χ4v) is 6.15. The van der Waals surface area contributed by atoms with Crippen LogP contribution in [-0.4, -0.2) is 38.8 Å². The van der Waals surface area contributed by atoms with Crippen molar-refractivity contribution in [3.63, 3.8) is 0 Å². The molecule has 0 saturated carbocycles. The average Bonchev–Trinajstić information content (AvgIpc) is 3.04. The molecule has 0 fully saturated rings. The number of nitrogens with zero attached hydrogens (tertiary/aromatic N) is 1. The van der Waals surface area contributed by atoms with Gasteiger partial charge in [-0.2, -0.15) is 0 Å². The highest BCUT2D eigenvalue weighted by atomic mass is 32.2. The highest BCUT2D eigenvalue weighted by Crippen LogP contribution is 2.33. The van der Waals surface area contributed by atoms with Crippen LogP contribution < -0.4 is 14.2 Å². The molecule has 3 rings (SSSR count). The summed E-state index contributed by atoms with van der Waals surface area (Å²) in [5.74, 6) is 4.61. The van der Waals surface area contributed by atoms with Crippen molar-refractivity contribution < 1.29 is 24.1 Å². The zero-order chi connectivity index (χ0) is 34.3. The number of nitrogens with one attached hydrogen (secondary N) is 1. The number of sulfonamides is 1. The Hall–Kier alpha value is -3.70. The van der Waals surface area contributed by atoms with Crippen molar-refractivity contribution in [3.05, 3.63) is 83.3 Å². The number of terminal acetylenes is 1. The number of rotatable bonds is 14. The van der Waals surface area contributed by atoms with E-state index in [1.165, 1.54) is 0 Å². The maximum atomic E-state index is 13.9. The van der Waals surface area contributed by atoms with Gasteiger partial charge in [-0.25, -0.2) is 13.4 Å². The van der Waals surface area contributed by atoms with Crippen LogP contribution in [0, 0.1) is 24.2 Å². The molecule has 0 bridgehead atoms. The van der Waals surface area contributed by atoms with Crippen LogP contribution >= 0.6 is 0 Å². The Kier molecular flexibility index (Phi) is 19.7. The lowest BCUT2D eigenvalue weighted by molar-refractivity contribution is 0.273. The zero-order valence-electron chi connectivity index (χ0n) is 29.2. The second-order valence-electron chi connectivity index (χ2n) is 11.9. The van der Waals surface area contributed by atoms with E-state index < -0.39 is 14.8 Å². The molecule has 1 aromatic rings. The lowest BCUT2D eigenvalue weighted by atomic mass is 9.92. The summed E-state index contributed by atoms with van der Waals surface area (Å²) < 4.78 is 47.7. The van der Waals surface area contributed by atoms with E-state index in [4.69, 9.17) is 25.6 Å². The van der Waals surface area contributed by atoms with Gasteiger partial charge in [-0.3, -0.25) is 4.72 Å². The summed E-state index contributed by atoms with van der Waals surface area (Å²) in [4.78, 5) is 4.97. The number of para-hydroxylation sites is 2. The minimum Gasteiger partial charge on any atom is -0.493 e. The Bertz CT molecular complexity index is 1500. The summed E-state index contributed by atoms with van der Waals surface area (Å²) in [6.07, 6.45) is 21.0. The third-order valence-corrected chi connectivity index (χ3v) is 9.90. The van der Waals surface area contributed by atoms with Crippen LogP contribution in [0.1, 0.15) is 104 Å². The lowest BCUT2D eigenvalue weighted by Crippen LogP contribution is -2.43. The lowest BCUT2D eigenvalue weighted by Gasteiger charge is -2.30. The number of benzene rings is 1. The van der Waals surface area contributed by atoms with E-state index in [1.54, 1.807) is 39.2 Å². The number of methoxy groups -OCH3 is 1. The molecule has 48 heavy (non-hydrogen) atoms. The Balaban J connectivity index is 0. The summed E-state index contributed by atoms with van der Waals surface area (Å²) in [6.45, 7) is 16.1. The molecular weight excluding hydrogens is 621 g/mol. The molecule has 0 heterocycles. The third kappa shape index (κ3) is 12.4. The SMILES string of the molecule is C.C.C#CCCCCOC(=NC(C)C1=CC(C)CC=C1)/C(Oc1ccccc1OC)=C(\C)NS(=O)(=O)C1(C)C=CC(C(C)C)=CC1.CC.[HH]. The fraction of sp³-hybridized carbons (Fsp3) is 0.525. The second-order valence-corrected chi connectivity index (χ2v) is 14.1. The molecule has 0 aliphatic heterocycles. The maximum Gasteiger partial charge on any atom is 0.255 e. The van der Waals surface area contributed by atoms with E-state index in [2.05, 4.69) is 49.6 Å². The average molecular weight is 685 g/mol. The Morgan fingerprint density at radius 3 is 2.35 bits per heavy atom. The molecule has 2 aliphatic carbocycles. The minimum absolute atomic E-state index is 0. The highest BCUT2D eigenvalue weighted by molar-refractivity contribution is 7.91. The third-order valence-electron chi connectivity index (χ3n) is 7.80. The maximum absolute atomic E-state index is 13.9. The summed E-state index contributed by atoms with van der Waals surface area (Å²) >= 11 is 0. The van der Waals surface area contributed by atoms with Crippen LogP contribution in [0.5, 0.6) is 11.5 Å². The monoisotopic (exact) mass is 684 g/mol. The molecule has 0 spiro atoms. The summed E-state index contributed by atoms with van der Waals surface area (Å²) in [5, 5.41) is 0. The van der Waals surface area contributed by atoms with Crippen LogP contribution in [0.4, 0.5) is 0 Å². The summed E-state index contributed by atoms with van der Waals surface area (Å²) in [5.41, 5.74) is 2.42. The fourth-order valence-electron chi connectivity index (χ4n) is 4.87. The first-order valence-corrected chi connectivity index (χ1v) is 17.8. The van der Waals surface area contributed by atoms with E-state index in [-0.39, 0.29) is 39.7 Å². The van der Waals surface area contributed by atoms with Crippen molar-refractivity contribution in [1.82, 2.24) is 4.72 Å². The van der Waals surface area contributed by atoms with E-state index in [1.807, 2.05) is 45.1 Å². The van der Waals surface area contributed by atoms with Crippen LogP contribution in [0.25, 0.3) is 0 Å². The molecular formula is C40H64N2O5S. The van der Waals surface area contributed by atoms with Gasteiger partial charge in [-0.15, -0.1) is 12.3 Å². The zero-order valence-corrected chi connectivity index (χ0v) is 30.0. The minimum atomic E-state index is -3.91. The van der Waals surface area contributed by atoms with Crippen LogP contribution in [-0.2, 0) is 14.8 Å². The van der Waals surface area contributed by atoms with Gasteiger partial charge in [0.1, 0.15) is 4.75 Å². The first-order valence-electron chi connectivity index (χ1n) is 16.4. The van der Waals surface area contributed by atoms with Crippen LogP contribution in [0.2, 0.25) is 0 Å². The van der Waals surface area contributed by atoms with Gasteiger partial charge in [0.15, 0.2) is 11.5 Å². The highest BCUT2D eigenvalue weighted by Gasteiger charge is 2.38. The molecule has 7 nitrogen and oxygen atoms in total. The molecule has 1 aromatic carbocycles. The number of ether oxygens (including phenoxy) is 3. The predicted octanol–water partition coefficient (Wildman–Crippen LogP) is 10.2. The molecule has 0 aromatic heterocycles. The van der Waals surface area contributed by atoms with Gasteiger partial charge in [-0.05, 0) is 81.6 Å². The Labute approximate surface area is 294 Å². The molecule has 0 amide bonds. The molecule has 270 valence electrons. The number of hydrogen-bond acceptors (Lipinski definition) is 6. The largest absolute Gasteiger partial charge is 0.493 e. The molecule has 0 saturated heterocycles. The van der Waals surface area contributed by atoms with Crippen molar-refractivity contribution in [2.24, 2.45) is 16.8 Å². The Morgan fingerprint density at radius 1 is 1.12 bits per heavy atom. The summed E-state index contributed by atoms with van der Waals surface area (Å²) in [7, 11) is -2.36. The summed E-state index contributed by atoms with van der Waals surface area (Å²) in [6, 6.07) is 6.92. The quantitative estimate of drug-likeness (QED) is 0.0693. The van der Waals surface area contributed by atoms with Crippen molar-refractivity contribution in [2.45, 2.75) is 113 Å². The van der Waals surface area contributed by atoms with Gasteiger partial charge >= 0.3 is 0 Å². The van der Waals surface area contributed by atoms with Gasteiger partial charge in [-0.1, -0.05) is 98.1 Å². The van der Waals surface area contributed by atoms with Gasteiger partial charge < -0.3 is 14.2 Å². The molecule has 8 heteroatoms. The predicted molar refractivity (Wildman–Crippen MR) is 207 cm³/mol. The number of aliphatic imine (C=N–C) groups is 1. The smallest absolute Gasteiger partial charge is 0.255 e. The number of hydrogen-bond donors (Lipinski definition) is 1. The van der Waals surface area contributed by atoms with Gasteiger partial charge in [0, 0.05) is 7.85 Å². The second kappa shape index (κ2) is 21.3. The van der Waals surface area contributed by atoms with Gasteiger partial charge in [0.05, 0.1) is 25.5 Å². The van der Waals surface area contributed by atoms with Crippen LogP contribution in [0.15, 0.2) is 88.3 Å². The van der Waals surface area contributed by atoms with E-state index >= 15 is 0 Å². The van der Waals surface area contributed by atoms with Crippen LogP contribution in [0.3, 0.4) is 0 Å². The Morgan fingerprint density at radius 2 is 1.79 bits per heavy atom. The van der Waals surface area contributed by atoms with E-state index in [0.29, 0.717) is 49.2 Å². The topological polar surface area (TPSA) is 86.2 Å².